The second kappa shape index (κ2) is 13.0. The molecule has 6 rings (SSSR count). The molecule has 2 aromatic heterocycles. The first-order chi connectivity index (χ1) is 21.8. The molecule has 226 valence electrons. The van der Waals surface area contributed by atoms with Crippen molar-refractivity contribution in [1.82, 2.24) is 9.66 Å². The average molecular weight is 686 g/mol. The minimum Gasteiger partial charge on any atom is -0.490 e. The zero-order valence-corrected chi connectivity index (χ0v) is 26.6. The van der Waals surface area contributed by atoms with Gasteiger partial charge < -0.3 is 19.2 Å². The van der Waals surface area contributed by atoms with Gasteiger partial charge in [0.05, 0.1) is 28.2 Å². The smallest absolute Gasteiger partial charge is 0.282 e. The highest BCUT2D eigenvalue weighted by Gasteiger charge is 2.18. The zero-order chi connectivity index (χ0) is 31.5. The average Bonchev–Trinajstić information content (AvgIpc) is 3.44. The fraction of sp³-hybridized carbons (Fsp3) is 0.118. The molecule has 0 radical (unpaired) electrons. The van der Waals surface area contributed by atoms with Crippen molar-refractivity contribution < 1.29 is 18.7 Å². The molecule has 0 unspecified atom stereocenters. The van der Waals surface area contributed by atoms with Gasteiger partial charge in [-0.1, -0.05) is 41.4 Å². The lowest BCUT2D eigenvalue weighted by atomic mass is 10.2. The number of fused-ring (bicyclic) bond motifs is 2. The summed E-state index contributed by atoms with van der Waals surface area (Å²) < 4.78 is 19.5. The van der Waals surface area contributed by atoms with E-state index in [2.05, 4.69) is 26.3 Å². The van der Waals surface area contributed by atoms with Crippen molar-refractivity contribution in [3.63, 3.8) is 0 Å². The summed E-state index contributed by atoms with van der Waals surface area (Å²) in [4.78, 5) is 30.9. The summed E-state index contributed by atoms with van der Waals surface area (Å²) in [5.41, 5.74) is 3.11. The predicted octanol–water partition coefficient (Wildman–Crippen LogP) is 7.83. The van der Waals surface area contributed by atoms with Gasteiger partial charge in [-0.05, 0) is 96.0 Å². The molecule has 6 aromatic rings. The topological polar surface area (TPSA) is 108 Å². The fourth-order valence-electron chi connectivity index (χ4n) is 4.68. The minimum atomic E-state index is -0.367. The molecule has 45 heavy (non-hydrogen) atoms. The van der Waals surface area contributed by atoms with Crippen LogP contribution in [0.1, 0.15) is 18.1 Å². The number of anilines is 1. The molecular weight excluding hydrogens is 660 g/mol. The van der Waals surface area contributed by atoms with Crippen molar-refractivity contribution in [3.05, 3.63) is 116 Å². The maximum atomic E-state index is 13.7. The van der Waals surface area contributed by atoms with E-state index in [0.29, 0.717) is 61.1 Å². The molecule has 0 bridgehead atoms. The standard InChI is InChI=1S/C34H26BrClN4O5/c1-3-43-29-15-21(14-26(35)32(29)44-19-31(41)38-24-11-8-20(2)9-12-24)18-37-40-33(39-27-7-5-4-6-25(27)34(40)42)30-17-22-16-23(36)10-13-28(22)45-30/h4-18H,3,19H2,1-2H3,(H,38,41). The number of carbonyl (C=O) groups is 1. The molecule has 1 amide bonds. The molecule has 0 fully saturated rings. The van der Waals surface area contributed by atoms with E-state index in [1.807, 2.05) is 44.2 Å². The fourth-order valence-corrected chi connectivity index (χ4v) is 5.43. The van der Waals surface area contributed by atoms with E-state index < -0.39 is 0 Å². The first kappa shape index (κ1) is 30.1. The summed E-state index contributed by atoms with van der Waals surface area (Å²) in [5, 5.41) is 9.09. The monoisotopic (exact) mass is 684 g/mol. The van der Waals surface area contributed by atoms with Crippen molar-refractivity contribution in [2.45, 2.75) is 13.8 Å². The van der Waals surface area contributed by atoms with Crippen LogP contribution in [0.5, 0.6) is 11.5 Å². The Morgan fingerprint density at radius 3 is 2.67 bits per heavy atom. The molecule has 4 aromatic carbocycles. The van der Waals surface area contributed by atoms with E-state index in [4.69, 9.17) is 30.5 Å². The van der Waals surface area contributed by atoms with E-state index in [1.54, 1.807) is 54.6 Å². The number of ether oxygens (including phenoxy) is 2. The second-order valence-corrected chi connectivity index (χ2v) is 11.4. The number of hydrogen-bond acceptors (Lipinski definition) is 7. The number of benzene rings is 4. The normalized spacial score (nSPS) is 11.4. The highest BCUT2D eigenvalue weighted by atomic mass is 79.9. The molecule has 2 heterocycles. The minimum absolute atomic E-state index is 0.228. The largest absolute Gasteiger partial charge is 0.490 e. The predicted molar refractivity (Wildman–Crippen MR) is 180 cm³/mol. The molecular formula is C34H26BrClN4O5. The van der Waals surface area contributed by atoms with Crippen LogP contribution < -0.4 is 20.3 Å². The van der Waals surface area contributed by atoms with Crippen LogP contribution in [0.2, 0.25) is 5.02 Å². The van der Waals surface area contributed by atoms with Crippen molar-refractivity contribution in [1.29, 1.82) is 0 Å². The number of hydrogen-bond donors (Lipinski definition) is 1. The third kappa shape index (κ3) is 6.62. The number of amides is 1. The Morgan fingerprint density at radius 2 is 1.87 bits per heavy atom. The number of carbonyl (C=O) groups excluding carboxylic acids is 1. The third-order valence-corrected chi connectivity index (χ3v) is 7.61. The highest BCUT2D eigenvalue weighted by Crippen LogP contribution is 2.37. The van der Waals surface area contributed by atoms with Gasteiger partial charge in [-0.25, -0.2) is 4.98 Å². The number of aryl methyl sites for hydroxylation is 1. The maximum Gasteiger partial charge on any atom is 0.282 e. The third-order valence-electron chi connectivity index (χ3n) is 6.79. The Balaban J connectivity index is 1.33. The van der Waals surface area contributed by atoms with Gasteiger partial charge in [0.2, 0.25) is 5.82 Å². The van der Waals surface area contributed by atoms with Crippen molar-refractivity contribution in [3.8, 4) is 23.1 Å². The van der Waals surface area contributed by atoms with E-state index in [9.17, 15) is 9.59 Å². The van der Waals surface area contributed by atoms with Gasteiger partial charge >= 0.3 is 0 Å². The first-order valence-corrected chi connectivity index (χ1v) is 15.2. The molecule has 0 atom stereocenters. The van der Waals surface area contributed by atoms with Gasteiger partial charge in [0, 0.05) is 16.1 Å². The van der Waals surface area contributed by atoms with Gasteiger partial charge in [-0.15, -0.1) is 0 Å². The first-order valence-electron chi connectivity index (χ1n) is 14.0. The number of nitrogens with one attached hydrogen (secondary N) is 1. The Bertz CT molecular complexity index is 2140. The van der Waals surface area contributed by atoms with Gasteiger partial charge in [-0.3, -0.25) is 9.59 Å². The Kier molecular flexibility index (Phi) is 8.68. The molecule has 0 spiro atoms. The van der Waals surface area contributed by atoms with Crippen LogP contribution in [0, 0.1) is 6.92 Å². The molecule has 0 aliphatic rings. The number of halogens is 2. The van der Waals surface area contributed by atoms with E-state index >= 15 is 0 Å². The molecule has 0 saturated carbocycles. The summed E-state index contributed by atoms with van der Waals surface area (Å²) in [5.74, 6) is 1.03. The number of rotatable bonds is 9. The van der Waals surface area contributed by atoms with Gasteiger partial charge in [0.15, 0.2) is 23.9 Å². The molecule has 11 heteroatoms. The summed E-state index contributed by atoms with van der Waals surface area (Å²) in [7, 11) is 0. The van der Waals surface area contributed by atoms with Crippen molar-refractivity contribution in [2.24, 2.45) is 5.10 Å². The number of furan rings is 1. The van der Waals surface area contributed by atoms with Gasteiger partial charge in [-0.2, -0.15) is 9.78 Å². The number of aromatic nitrogens is 2. The zero-order valence-electron chi connectivity index (χ0n) is 24.2. The lowest BCUT2D eigenvalue weighted by molar-refractivity contribution is -0.118. The van der Waals surface area contributed by atoms with Gasteiger partial charge in [0.25, 0.3) is 11.5 Å². The molecule has 1 N–H and O–H groups in total. The molecule has 0 aliphatic heterocycles. The van der Waals surface area contributed by atoms with Crippen LogP contribution in [-0.4, -0.2) is 35.0 Å². The van der Waals surface area contributed by atoms with Crippen molar-refractivity contribution in [2.75, 3.05) is 18.5 Å². The Hall–Kier alpha value is -4.93. The van der Waals surface area contributed by atoms with Crippen LogP contribution in [-0.2, 0) is 4.79 Å². The van der Waals surface area contributed by atoms with E-state index in [1.165, 1.54) is 10.9 Å². The molecule has 9 nitrogen and oxygen atoms in total. The van der Waals surface area contributed by atoms with Crippen LogP contribution >= 0.6 is 27.5 Å². The summed E-state index contributed by atoms with van der Waals surface area (Å²) in [6.45, 7) is 3.94. The Labute approximate surface area is 271 Å². The summed E-state index contributed by atoms with van der Waals surface area (Å²) in [6.07, 6.45) is 1.52. The highest BCUT2D eigenvalue weighted by molar-refractivity contribution is 9.10. The van der Waals surface area contributed by atoms with E-state index in [0.717, 1.165) is 10.9 Å². The number of para-hydroxylation sites is 1. The van der Waals surface area contributed by atoms with Crippen LogP contribution in [0.15, 0.2) is 104 Å². The lowest BCUT2D eigenvalue weighted by Crippen LogP contribution is -2.20. The van der Waals surface area contributed by atoms with Gasteiger partial charge in [0.1, 0.15) is 5.58 Å². The van der Waals surface area contributed by atoms with E-state index in [-0.39, 0.29) is 23.9 Å². The number of nitrogens with zero attached hydrogens (tertiary/aromatic N) is 3. The summed E-state index contributed by atoms with van der Waals surface area (Å²) >= 11 is 9.72. The SMILES string of the molecule is CCOc1cc(C=Nn2c(-c3cc4cc(Cl)ccc4o3)nc3ccccc3c2=O)cc(Br)c1OCC(=O)Nc1ccc(C)cc1. The Morgan fingerprint density at radius 1 is 1.07 bits per heavy atom. The van der Waals surface area contributed by atoms with Crippen LogP contribution in [0.25, 0.3) is 33.5 Å². The lowest BCUT2D eigenvalue weighted by Gasteiger charge is -2.15. The van der Waals surface area contributed by atoms with Crippen LogP contribution in [0.4, 0.5) is 5.69 Å². The van der Waals surface area contributed by atoms with Crippen LogP contribution in [0.3, 0.4) is 0 Å². The molecule has 0 aliphatic carbocycles. The maximum absolute atomic E-state index is 13.7. The molecule has 0 saturated heterocycles. The summed E-state index contributed by atoms with van der Waals surface area (Å²) in [6, 6.07) is 25.0. The quantitative estimate of drug-likeness (QED) is 0.156. The van der Waals surface area contributed by atoms with Crippen molar-refractivity contribution >= 4 is 67.2 Å². The second-order valence-electron chi connectivity index (χ2n) is 10.1.